The molecule has 4 nitrogen and oxygen atoms in total. The molecule has 1 aromatic carbocycles. The second kappa shape index (κ2) is 7.92. The van der Waals surface area contributed by atoms with Crippen molar-refractivity contribution in [2.45, 2.75) is 13.8 Å². The Kier molecular flexibility index (Phi) is 7.34. The first-order valence-corrected chi connectivity index (χ1v) is 5.31. The number of ether oxygens (including phenoxy) is 1. The number of carbonyl (C=O) groups is 1. The lowest BCUT2D eigenvalue weighted by atomic mass is 10.1. The minimum Gasteiger partial charge on any atom is -0.491 e. The number of halogens is 1. The molecule has 0 aromatic heterocycles. The number of para-hydroxylation sites is 1. The summed E-state index contributed by atoms with van der Waals surface area (Å²) >= 11 is 0. The molecule has 0 saturated heterocycles. The second-order valence-electron chi connectivity index (χ2n) is 3.62. The van der Waals surface area contributed by atoms with Crippen LogP contribution in [-0.2, 0) is 4.79 Å². The monoisotopic (exact) mass is 258 g/mol. The van der Waals surface area contributed by atoms with E-state index in [0.29, 0.717) is 13.2 Å². The van der Waals surface area contributed by atoms with Gasteiger partial charge in [0.15, 0.2) is 0 Å². The van der Waals surface area contributed by atoms with Gasteiger partial charge in [-0.05, 0) is 25.0 Å². The first kappa shape index (κ1) is 15.7. The lowest BCUT2D eigenvalue weighted by Crippen LogP contribution is -2.33. The third kappa shape index (κ3) is 5.06. The molecule has 0 fully saturated rings. The van der Waals surface area contributed by atoms with Crippen molar-refractivity contribution in [1.29, 1.82) is 0 Å². The maximum atomic E-state index is 10.9. The highest BCUT2D eigenvalue weighted by Crippen LogP contribution is 2.21. The fourth-order valence-corrected chi connectivity index (χ4v) is 1.44. The van der Waals surface area contributed by atoms with Gasteiger partial charge >= 0.3 is 0 Å². The van der Waals surface area contributed by atoms with Gasteiger partial charge in [0.1, 0.15) is 12.4 Å². The van der Waals surface area contributed by atoms with Gasteiger partial charge in [0.05, 0.1) is 13.1 Å². The summed E-state index contributed by atoms with van der Waals surface area (Å²) in [7, 11) is 0. The van der Waals surface area contributed by atoms with Gasteiger partial charge in [0.25, 0.3) is 0 Å². The summed E-state index contributed by atoms with van der Waals surface area (Å²) in [5.74, 6) is 0.731. The Balaban J connectivity index is 0.00000256. The Morgan fingerprint density at radius 1 is 1.35 bits per heavy atom. The number of carbonyl (C=O) groups excluding carboxylic acids is 1. The SMILES string of the molecule is Cc1cccc(C)c1OCCNC(=O)CN.Cl. The molecular formula is C12H19ClN2O2. The molecule has 0 saturated carbocycles. The number of hydrogen-bond donors (Lipinski definition) is 2. The average molecular weight is 259 g/mol. The number of amides is 1. The summed E-state index contributed by atoms with van der Waals surface area (Å²) < 4.78 is 5.61. The van der Waals surface area contributed by atoms with E-state index >= 15 is 0 Å². The van der Waals surface area contributed by atoms with E-state index < -0.39 is 0 Å². The van der Waals surface area contributed by atoms with Gasteiger partial charge in [-0.1, -0.05) is 18.2 Å². The maximum absolute atomic E-state index is 10.9. The average Bonchev–Trinajstić information content (AvgIpc) is 2.27. The van der Waals surface area contributed by atoms with Crippen molar-refractivity contribution in [2.75, 3.05) is 19.7 Å². The first-order chi connectivity index (χ1) is 7.65. The normalized spacial score (nSPS) is 9.35. The minimum absolute atomic E-state index is 0. The smallest absolute Gasteiger partial charge is 0.233 e. The number of nitrogens with two attached hydrogens (primary N) is 1. The van der Waals surface area contributed by atoms with Gasteiger partial charge in [0, 0.05) is 0 Å². The van der Waals surface area contributed by atoms with E-state index in [1.807, 2.05) is 32.0 Å². The molecule has 96 valence electrons. The van der Waals surface area contributed by atoms with Crippen molar-refractivity contribution < 1.29 is 9.53 Å². The minimum atomic E-state index is -0.162. The van der Waals surface area contributed by atoms with Crippen LogP contribution in [0.5, 0.6) is 5.75 Å². The zero-order valence-electron chi connectivity index (χ0n) is 10.2. The summed E-state index contributed by atoms with van der Waals surface area (Å²) in [6, 6.07) is 6.00. The molecule has 0 unspecified atom stereocenters. The third-order valence-electron chi connectivity index (χ3n) is 2.26. The van der Waals surface area contributed by atoms with Crippen molar-refractivity contribution >= 4 is 18.3 Å². The molecule has 0 bridgehead atoms. The lowest BCUT2D eigenvalue weighted by molar-refractivity contribution is -0.119. The Hall–Kier alpha value is -1.26. The van der Waals surface area contributed by atoms with Gasteiger partial charge in [-0.15, -0.1) is 12.4 Å². The fraction of sp³-hybridized carbons (Fsp3) is 0.417. The van der Waals surface area contributed by atoms with Crippen LogP contribution in [0, 0.1) is 13.8 Å². The summed E-state index contributed by atoms with van der Waals surface area (Å²) in [5.41, 5.74) is 7.36. The molecule has 1 aromatic rings. The van der Waals surface area contributed by atoms with Gasteiger partial charge in [-0.3, -0.25) is 4.79 Å². The fourth-order valence-electron chi connectivity index (χ4n) is 1.44. The van der Waals surface area contributed by atoms with E-state index in [-0.39, 0.29) is 24.9 Å². The van der Waals surface area contributed by atoms with Crippen molar-refractivity contribution in [2.24, 2.45) is 5.73 Å². The second-order valence-corrected chi connectivity index (χ2v) is 3.62. The Bertz CT molecular complexity index is 349. The molecule has 0 radical (unpaired) electrons. The quantitative estimate of drug-likeness (QED) is 0.780. The predicted octanol–water partition coefficient (Wildman–Crippen LogP) is 1.18. The molecule has 0 atom stereocenters. The largest absolute Gasteiger partial charge is 0.491 e. The Morgan fingerprint density at radius 2 is 1.94 bits per heavy atom. The highest BCUT2D eigenvalue weighted by atomic mass is 35.5. The number of benzene rings is 1. The molecule has 0 heterocycles. The Morgan fingerprint density at radius 3 is 2.47 bits per heavy atom. The predicted molar refractivity (Wildman–Crippen MR) is 70.7 cm³/mol. The third-order valence-corrected chi connectivity index (χ3v) is 2.26. The van der Waals surface area contributed by atoms with Crippen molar-refractivity contribution in [3.8, 4) is 5.75 Å². The first-order valence-electron chi connectivity index (χ1n) is 5.31. The summed E-state index contributed by atoms with van der Waals surface area (Å²) in [5, 5.41) is 2.65. The molecule has 5 heteroatoms. The van der Waals surface area contributed by atoms with Crippen LogP contribution in [0.3, 0.4) is 0 Å². The topological polar surface area (TPSA) is 64.3 Å². The van der Waals surface area contributed by atoms with Crippen LogP contribution in [0.1, 0.15) is 11.1 Å². The highest BCUT2D eigenvalue weighted by molar-refractivity contribution is 5.85. The van der Waals surface area contributed by atoms with Crippen LogP contribution in [0.2, 0.25) is 0 Å². The summed E-state index contributed by atoms with van der Waals surface area (Å²) in [4.78, 5) is 10.9. The highest BCUT2D eigenvalue weighted by Gasteiger charge is 2.02. The molecule has 0 spiro atoms. The number of aryl methyl sites for hydroxylation is 2. The zero-order chi connectivity index (χ0) is 12.0. The maximum Gasteiger partial charge on any atom is 0.233 e. The van der Waals surface area contributed by atoms with Gasteiger partial charge in [-0.25, -0.2) is 0 Å². The molecular weight excluding hydrogens is 240 g/mol. The molecule has 0 aliphatic heterocycles. The molecule has 1 rings (SSSR count). The Labute approximate surface area is 108 Å². The standard InChI is InChI=1S/C12H18N2O2.ClH/c1-9-4-3-5-10(2)12(9)16-7-6-14-11(15)8-13;/h3-5H,6-8,13H2,1-2H3,(H,14,15);1H. The molecule has 3 N–H and O–H groups in total. The molecule has 0 aliphatic carbocycles. The van der Waals surface area contributed by atoms with E-state index in [1.165, 1.54) is 0 Å². The van der Waals surface area contributed by atoms with Crippen LogP contribution in [0.15, 0.2) is 18.2 Å². The van der Waals surface area contributed by atoms with Crippen LogP contribution in [-0.4, -0.2) is 25.6 Å². The van der Waals surface area contributed by atoms with Crippen molar-refractivity contribution in [3.63, 3.8) is 0 Å². The molecule has 0 aliphatic rings. The van der Waals surface area contributed by atoms with E-state index in [0.717, 1.165) is 16.9 Å². The van der Waals surface area contributed by atoms with Crippen LogP contribution in [0.4, 0.5) is 0 Å². The summed E-state index contributed by atoms with van der Waals surface area (Å²) in [6.45, 7) is 4.95. The summed E-state index contributed by atoms with van der Waals surface area (Å²) in [6.07, 6.45) is 0. The van der Waals surface area contributed by atoms with Gasteiger partial charge < -0.3 is 15.8 Å². The van der Waals surface area contributed by atoms with E-state index in [4.69, 9.17) is 10.5 Å². The lowest BCUT2D eigenvalue weighted by Gasteiger charge is -2.12. The molecule has 17 heavy (non-hydrogen) atoms. The van der Waals surface area contributed by atoms with Gasteiger partial charge in [0.2, 0.25) is 5.91 Å². The number of hydrogen-bond acceptors (Lipinski definition) is 3. The zero-order valence-corrected chi connectivity index (χ0v) is 11.0. The number of nitrogens with one attached hydrogen (secondary N) is 1. The van der Waals surface area contributed by atoms with Crippen LogP contribution in [0.25, 0.3) is 0 Å². The van der Waals surface area contributed by atoms with Crippen molar-refractivity contribution in [3.05, 3.63) is 29.3 Å². The van der Waals surface area contributed by atoms with E-state index in [1.54, 1.807) is 0 Å². The number of rotatable bonds is 5. The van der Waals surface area contributed by atoms with Crippen LogP contribution >= 0.6 is 12.4 Å². The molecule has 1 amide bonds. The van der Waals surface area contributed by atoms with Gasteiger partial charge in [-0.2, -0.15) is 0 Å². The van der Waals surface area contributed by atoms with Crippen LogP contribution < -0.4 is 15.8 Å². The van der Waals surface area contributed by atoms with E-state index in [2.05, 4.69) is 5.32 Å². The van der Waals surface area contributed by atoms with E-state index in [9.17, 15) is 4.79 Å². The van der Waals surface area contributed by atoms with Crippen molar-refractivity contribution in [1.82, 2.24) is 5.32 Å².